The van der Waals surface area contributed by atoms with E-state index in [0.717, 1.165) is 27.0 Å². The van der Waals surface area contributed by atoms with Gasteiger partial charge in [-0.3, -0.25) is 4.79 Å². The molecule has 4 nitrogen and oxygen atoms in total. The highest BCUT2D eigenvalue weighted by atomic mass is 79.9. The highest BCUT2D eigenvalue weighted by molar-refractivity contribution is 9.10. The van der Waals surface area contributed by atoms with Gasteiger partial charge in [0, 0.05) is 4.47 Å². The molecule has 0 saturated carbocycles. The van der Waals surface area contributed by atoms with E-state index in [2.05, 4.69) is 26.2 Å². The summed E-state index contributed by atoms with van der Waals surface area (Å²) in [5, 5.41) is 3.38. The van der Waals surface area contributed by atoms with Crippen LogP contribution < -0.4 is 10.1 Å². The number of hydrogen-bond acceptors (Lipinski definition) is 4. The van der Waals surface area contributed by atoms with Crippen molar-refractivity contribution < 1.29 is 9.53 Å². The van der Waals surface area contributed by atoms with E-state index in [1.54, 1.807) is 0 Å². The van der Waals surface area contributed by atoms with Gasteiger partial charge in [0.05, 0.1) is 10.6 Å². The average Bonchev–Trinajstić information content (AvgIpc) is 3.08. The van der Waals surface area contributed by atoms with Crippen LogP contribution in [0.5, 0.6) is 5.75 Å². The number of benzene rings is 3. The van der Waals surface area contributed by atoms with E-state index < -0.39 is 0 Å². The number of thioether (sulfide) groups is 1. The molecular formula is C23H17BrN2O2S. The van der Waals surface area contributed by atoms with Gasteiger partial charge in [-0.15, -0.1) is 0 Å². The summed E-state index contributed by atoms with van der Waals surface area (Å²) >= 11 is 4.73. The number of aliphatic imine (C=N–C) groups is 1. The molecule has 0 atom stereocenters. The Kier molecular flexibility index (Phi) is 6.12. The van der Waals surface area contributed by atoms with Gasteiger partial charge >= 0.3 is 0 Å². The van der Waals surface area contributed by atoms with Crippen LogP contribution in [0.25, 0.3) is 6.08 Å². The number of amidine groups is 1. The Bertz CT molecular complexity index is 1080. The third-order valence-electron chi connectivity index (χ3n) is 4.11. The van der Waals surface area contributed by atoms with E-state index in [-0.39, 0.29) is 5.91 Å². The molecule has 1 N–H and O–H groups in total. The number of rotatable bonds is 5. The fraction of sp³-hybridized carbons (Fsp3) is 0.0435. The normalized spacial score (nSPS) is 16.2. The van der Waals surface area contributed by atoms with Crippen molar-refractivity contribution in [3.05, 3.63) is 99.4 Å². The number of carbonyl (C=O) groups excluding carboxylic acids is 1. The number of carbonyl (C=O) groups is 1. The molecule has 0 aliphatic carbocycles. The van der Waals surface area contributed by atoms with Gasteiger partial charge in [0.1, 0.15) is 12.4 Å². The molecule has 1 aliphatic heterocycles. The maximum Gasteiger partial charge on any atom is 0.264 e. The molecule has 0 radical (unpaired) electrons. The molecule has 3 aromatic carbocycles. The van der Waals surface area contributed by atoms with E-state index in [4.69, 9.17) is 4.74 Å². The quantitative estimate of drug-likeness (QED) is 0.476. The molecule has 0 bridgehead atoms. The number of nitrogens with zero attached hydrogens (tertiary/aromatic N) is 1. The van der Waals surface area contributed by atoms with Gasteiger partial charge in [0.25, 0.3) is 5.91 Å². The van der Waals surface area contributed by atoms with E-state index in [1.165, 1.54) is 11.8 Å². The molecule has 1 saturated heterocycles. The van der Waals surface area contributed by atoms with Crippen LogP contribution in [0.2, 0.25) is 0 Å². The van der Waals surface area contributed by atoms with Crippen molar-refractivity contribution in [1.29, 1.82) is 0 Å². The highest BCUT2D eigenvalue weighted by Crippen LogP contribution is 2.29. The molecule has 0 unspecified atom stereocenters. The first-order valence-corrected chi connectivity index (χ1v) is 10.6. The van der Waals surface area contributed by atoms with Gasteiger partial charge in [-0.2, -0.15) is 0 Å². The molecule has 144 valence electrons. The minimum absolute atomic E-state index is 0.151. The topological polar surface area (TPSA) is 50.7 Å². The maximum atomic E-state index is 12.3. The Morgan fingerprint density at radius 1 is 1.00 bits per heavy atom. The second-order valence-electron chi connectivity index (χ2n) is 6.30. The summed E-state index contributed by atoms with van der Waals surface area (Å²) in [5.74, 6) is 0.608. The van der Waals surface area contributed by atoms with Crippen LogP contribution >= 0.6 is 27.7 Å². The van der Waals surface area contributed by atoms with Crippen LogP contribution in [-0.2, 0) is 11.4 Å². The predicted octanol–water partition coefficient (Wildman–Crippen LogP) is 5.92. The van der Waals surface area contributed by atoms with E-state index in [9.17, 15) is 4.79 Å². The third-order valence-corrected chi connectivity index (χ3v) is 5.55. The van der Waals surface area contributed by atoms with Crippen molar-refractivity contribution in [3.8, 4) is 5.75 Å². The molecule has 0 spiro atoms. The van der Waals surface area contributed by atoms with Crippen LogP contribution in [-0.4, -0.2) is 11.1 Å². The standard InChI is InChI=1S/C23H17BrN2O2S/c24-18-9-11-19(12-10-18)25-23-26-22(27)21(29-23)14-17-7-4-8-20(13-17)28-15-16-5-2-1-3-6-16/h1-14H,15H2,(H,25,26,27)/b21-14+. The lowest BCUT2D eigenvalue weighted by Gasteiger charge is -2.07. The number of nitrogens with one attached hydrogen (secondary N) is 1. The zero-order chi connectivity index (χ0) is 20.1. The minimum atomic E-state index is -0.151. The first-order valence-electron chi connectivity index (χ1n) is 8.98. The molecule has 29 heavy (non-hydrogen) atoms. The first kappa shape index (κ1) is 19.5. The van der Waals surface area contributed by atoms with Crippen LogP contribution in [0.4, 0.5) is 5.69 Å². The summed E-state index contributed by atoms with van der Waals surface area (Å²) in [7, 11) is 0. The largest absolute Gasteiger partial charge is 0.489 e. The van der Waals surface area contributed by atoms with Gasteiger partial charge in [0.2, 0.25) is 0 Å². The first-order chi connectivity index (χ1) is 14.2. The SMILES string of the molecule is O=C1NC(=Nc2ccc(Br)cc2)S/C1=C/c1cccc(OCc2ccccc2)c1. The number of amides is 1. The summed E-state index contributed by atoms with van der Waals surface area (Å²) in [4.78, 5) is 17.4. The van der Waals surface area contributed by atoms with Crippen molar-refractivity contribution in [2.45, 2.75) is 6.61 Å². The Morgan fingerprint density at radius 3 is 2.59 bits per heavy atom. The molecular weight excluding hydrogens is 448 g/mol. The summed E-state index contributed by atoms with van der Waals surface area (Å²) in [5.41, 5.74) is 2.79. The van der Waals surface area contributed by atoms with E-state index in [1.807, 2.05) is 84.9 Å². The van der Waals surface area contributed by atoms with Crippen molar-refractivity contribution >= 4 is 50.5 Å². The minimum Gasteiger partial charge on any atom is -0.489 e. The zero-order valence-electron chi connectivity index (χ0n) is 15.3. The summed E-state index contributed by atoms with van der Waals surface area (Å²) in [6.45, 7) is 0.500. The van der Waals surface area contributed by atoms with Gasteiger partial charge in [-0.05, 0) is 65.4 Å². The Balaban J connectivity index is 1.46. The lowest BCUT2D eigenvalue weighted by molar-refractivity contribution is -0.115. The lowest BCUT2D eigenvalue weighted by Crippen LogP contribution is -2.19. The lowest BCUT2D eigenvalue weighted by atomic mass is 10.2. The molecule has 1 amide bonds. The Labute approximate surface area is 181 Å². The van der Waals surface area contributed by atoms with Crippen molar-refractivity contribution in [1.82, 2.24) is 5.32 Å². The number of hydrogen-bond donors (Lipinski definition) is 1. The highest BCUT2D eigenvalue weighted by Gasteiger charge is 2.23. The van der Waals surface area contributed by atoms with Crippen molar-refractivity contribution in [2.24, 2.45) is 4.99 Å². The van der Waals surface area contributed by atoms with Gasteiger partial charge in [-0.25, -0.2) is 4.99 Å². The zero-order valence-corrected chi connectivity index (χ0v) is 17.7. The van der Waals surface area contributed by atoms with Crippen LogP contribution in [0.3, 0.4) is 0 Å². The molecule has 1 heterocycles. The van der Waals surface area contributed by atoms with Crippen LogP contribution in [0, 0.1) is 0 Å². The van der Waals surface area contributed by atoms with Crippen molar-refractivity contribution in [3.63, 3.8) is 0 Å². The van der Waals surface area contributed by atoms with Gasteiger partial charge in [0.15, 0.2) is 5.17 Å². The maximum absolute atomic E-state index is 12.3. The average molecular weight is 465 g/mol. The molecule has 1 fully saturated rings. The van der Waals surface area contributed by atoms with Gasteiger partial charge < -0.3 is 10.1 Å². The molecule has 6 heteroatoms. The number of halogens is 1. The summed E-state index contributed by atoms with van der Waals surface area (Å²) in [6.07, 6.45) is 1.85. The van der Waals surface area contributed by atoms with Gasteiger partial charge in [-0.1, -0.05) is 58.4 Å². The van der Waals surface area contributed by atoms with E-state index >= 15 is 0 Å². The van der Waals surface area contributed by atoms with Crippen LogP contribution in [0.1, 0.15) is 11.1 Å². The molecule has 1 aliphatic rings. The van der Waals surface area contributed by atoms with Crippen molar-refractivity contribution in [2.75, 3.05) is 0 Å². The third kappa shape index (κ3) is 5.37. The molecule has 0 aromatic heterocycles. The van der Waals surface area contributed by atoms with Crippen LogP contribution in [0.15, 0.2) is 93.2 Å². The number of ether oxygens (including phenoxy) is 1. The predicted molar refractivity (Wildman–Crippen MR) is 122 cm³/mol. The second kappa shape index (κ2) is 9.11. The fourth-order valence-corrected chi connectivity index (χ4v) is 3.81. The Hall–Kier alpha value is -2.83. The fourth-order valence-electron chi connectivity index (χ4n) is 2.70. The monoisotopic (exact) mass is 464 g/mol. The molecule has 4 rings (SSSR count). The smallest absolute Gasteiger partial charge is 0.264 e. The summed E-state index contributed by atoms with van der Waals surface area (Å²) in [6, 6.07) is 25.3. The molecule has 3 aromatic rings. The van der Waals surface area contributed by atoms with E-state index in [0.29, 0.717) is 16.7 Å². The second-order valence-corrected chi connectivity index (χ2v) is 8.25. The summed E-state index contributed by atoms with van der Waals surface area (Å²) < 4.78 is 6.86. The Morgan fingerprint density at radius 2 is 1.79 bits per heavy atom.